The highest BCUT2D eigenvalue weighted by molar-refractivity contribution is 7.99. The van der Waals surface area contributed by atoms with E-state index >= 15 is 0 Å². The predicted molar refractivity (Wildman–Crippen MR) is 488 cm³/mol. The SMILES string of the molecule is c1ccc(N(c2ccccc2)c2ccc(-n3c4ccccc4c4cc5c(cc43)Sc3ccccc3C53c4ccccc4-n4c5ccccc5c5cccc3c54)cc2)cc1.c1ccc(N(c2ccccc2)c2ccc(-n3c4ccccc4c4ccc5c(c43)Oc3ccccc3C53c4ccccc4-n4c5ccccc5c5cccc3c54)cc2)cc1. The second-order valence-electron chi connectivity index (χ2n) is 31.3. The quantitative estimate of drug-likeness (QED) is 0.152. The van der Waals surface area contributed by atoms with Gasteiger partial charge in [0.25, 0.3) is 0 Å². The van der Waals surface area contributed by atoms with Crippen molar-refractivity contribution >= 4 is 133 Å². The maximum Gasteiger partial charge on any atom is 0.156 e. The molecule has 0 saturated carbocycles. The van der Waals surface area contributed by atoms with E-state index in [2.05, 4.69) is 453 Å². The molecule has 18 aromatic carbocycles. The molecule has 118 heavy (non-hydrogen) atoms. The van der Waals surface area contributed by atoms with Gasteiger partial charge in [-0.3, -0.25) is 0 Å². The molecule has 4 aliphatic heterocycles. The summed E-state index contributed by atoms with van der Waals surface area (Å²) < 4.78 is 17.2. The lowest BCUT2D eigenvalue weighted by Crippen LogP contribution is -2.37. The Morgan fingerprint density at radius 3 is 1.08 bits per heavy atom. The molecule has 2 spiro atoms. The van der Waals surface area contributed by atoms with Crippen molar-refractivity contribution in [1.29, 1.82) is 0 Å². The Morgan fingerprint density at radius 1 is 0.212 bits per heavy atom. The van der Waals surface area contributed by atoms with E-state index in [1.807, 2.05) is 11.8 Å². The van der Waals surface area contributed by atoms with Gasteiger partial charge in [0.2, 0.25) is 0 Å². The second-order valence-corrected chi connectivity index (χ2v) is 32.4. The van der Waals surface area contributed by atoms with Gasteiger partial charge < -0.3 is 32.8 Å². The average molecular weight is 1520 g/mol. The highest BCUT2D eigenvalue weighted by Crippen LogP contribution is 2.64. The lowest BCUT2D eigenvalue weighted by Gasteiger charge is -2.45. The molecule has 4 aromatic heterocycles. The highest BCUT2D eigenvalue weighted by Gasteiger charge is 2.53. The smallest absolute Gasteiger partial charge is 0.156 e. The molecule has 0 fully saturated rings. The zero-order chi connectivity index (χ0) is 77.3. The van der Waals surface area contributed by atoms with Crippen molar-refractivity contribution in [2.45, 2.75) is 20.6 Å². The van der Waals surface area contributed by atoms with Gasteiger partial charge in [-0.1, -0.05) is 279 Å². The maximum atomic E-state index is 7.31. The van der Waals surface area contributed by atoms with Gasteiger partial charge in [-0.25, -0.2) is 0 Å². The standard InChI is InChI=1S/C55H35N3O.C55H35N3S/c1-3-16-36(17-4-1)56(37-18-5-2-6-19-37)38-30-32-39(33-31-38)57-48-26-11-7-21-41(48)43-34-35-47-54(53(43)57)59-51-29-14-10-24-45(51)55(47)44-23-9-13-28-50(44)58-49-27-12-8-20-40(49)42-22-15-25-46(55)52(42)58;1-3-16-36(17-4-1)56(37-18-5-2-6-19-37)38-30-32-39(33-31-38)57-48-26-11-8-21-41(48)43-34-47-53(35-51(43)57)59-52-29-14-10-24-45(52)55(47)44-23-9-13-28-50(44)58-49-27-12-7-20-40(49)42-22-15-25-46(55)54(42)58/h2*1-35H. The zero-order valence-electron chi connectivity index (χ0n) is 63.9. The van der Waals surface area contributed by atoms with E-state index < -0.39 is 10.8 Å². The summed E-state index contributed by atoms with van der Waals surface area (Å²) in [5, 5.41) is 9.95. The van der Waals surface area contributed by atoms with Crippen LogP contribution in [0.15, 0.2) is 434 Å². The van der Waals surface area contributed by atoms with Crippen molar-refractivity contribution < 1.29 is 4.74 Å². The summed E-state index contributed by atoms with van der Waals surface area (Å²) in [6.07, 6.45) is 0. The molecule has 2 unspecified atom stereocenters. The van der Waals surface area contributed by atoms with Crippen LogP contribution >= 0.6 is 11.8 Å². The van der Waals surface area contributed by atoms with Crippen LogP contribution in [0.2, 0.25) is 0 Å². The van der Waals surface area contributed by atoms with Gasteiger partial charge in [0.1, 0.15) is 5.75 Å². The van der Waals surface area contributed by atoms with Crippen LogP contribution in [0, 0.1) is 0 Å². The molecule has 0 amide bonds. The Kier molecular flexibility index (Phi) is 14.5. The van der Waals surface area contributed by atoms with Crippen LogP contribution in [0.5, 0.6) is 11.5 Å². The second kappa shape index (κ2) is 25.7. The predicted octanol–water partition coefficient (Wildman–Crippen LogP) is 28.7. The van der Waals surface area contributed by atoms with Crippen molar-refractivity contribution in [3.05, 3.63) is 469 Å². The number of fused-ring (bicyclic) bond motifs is 29. The third-order valence-electron chi connectivity index (χ3n) is 25.5. The Hall–Kier alpha value is -15.1. The molecule has 22 aromatic rings. The van der Waals surface area contributed by atoms with Gasteiger partial charge in [-0.05, 0) is 191 Å². The molecular weight excluding hydrogens is 1450 g/mol. The first kappa shape index (κ1) is 66.4. The Balaban J connectivity index is 0.000000131. The lowest BCUT2D eigenvalue weighted by molar-refractivity contribution is 0.438. The van der Waals surface area contributed by atoms with Crippen molar-refractivity contribution in [3.63, 3.8) is 0 Å². The Bertz CT molecular complexity index is 7800. The van der Waals surface area contributed by atoms with E-state index in [4.69, 9.17) is 4.74 Å². The number of benzene rings is 18. The van der Waals surface area contributed by atoms with Gasteiger partial charge in [0, 0.05) is 110 Å². The monoisotopic (exact) mass is 1520 g/mol. The third kappa shape index (κ3) is 9.25. The number of aromatic nitrogens is 4. The topological polar surface area (TPSA) is 35.4 Å². The molecule has 0 radical (unpaired) electrons. The van der Waals surface area contributed by atoms with Gasteiger partial charge in [0.05, 0.1) is 66.3 Å². The first-order valence-electron chi connectivity index (χ1n) is 40.5. The average Bonchev–Trinajstić information content (AvgIpc) is 1.41. The first-order valence-corrected chi connectivity index (χ1v) is 41.4. The first-order chi connectivity index (χ1) is 58.6. The van der Waals surface area contributed by atoms with E-state index in [-0.39, 0.29) is 0 Å². The summed E-state index contributed by atoms with van der Waals surface area (Å²) in [6, 6.07) is 155. The lowest BCUT2D eigenvalue weighted by atomic mass is 9.61. The van der Waals surface area contributed by atoms with Gasteiger partial charge in [-0.15, -0.1) is 0 Å². The number of hydrogen-bond donors (Lipinski definition) is 0. The van der Waals surface area contributed by atoms with Gasteiger partial charge >= 0.3 is 0 Å². The van der Waals surface area contributed by atoms with E-state index in [1.54, 1.807) is 0 Å². The molecule has 0 saturated heterocycles. The highest BCUT2D eigenvalue weighted by atomic mass is 32.2. The largest absolute Gasteiger partial charge is 0.454 e. The molecule has 2 atom stereocenters. The fraction of sp³-hybridized carbons (Fsp3) is 0.0182. The van der Waals surface area contributed by atoms with Crippen molar-refractivity contribution in [2.24, 2.45) is 0 Å². The number of hydrogen-bond acceptors (Lipinski definition) is 4. The minimum atomic E-state index is -0.657. The summed E-state index contributed by atoms with van der Waals surface area (Å²) in [5.74, 6) is 1.76. The van der Waals surface area contributed by atoms with Crippen molar-refractivity contribution in [3.8, 4) is 34.2 Å². The van der Waals surface area contributed by atoms with Crippen molar-refractivity contribution in [1.82, 2.24) is 18.3 Å². The van der Waals surface area contributed by atoms with E-state index in [9.17, 15) is 0 Å². The fourth-order valence-electron chi connectivity index (χ4n) is 20.9. The van der Waals surface area contributed by atoms with Crippen LogP contribution in [-0.2, 0) is 10.8 Å². The number of para-hydroxylation sites is 13. The summed E-state index contributed by atoms with van der Waals surface area (Å²) in [4.78, 5) is 7.21. The van der Waals surface area contributed by atoms with Gasteiger partial charge in [-0.2, -0.15) is 0 Å². The van der Waals surface area contributed by atoms with Crippen LogP contribution in [0.25, 0.3) is 110 Å². The molecule has 8 heteroatoms. The molecule has 0 aliphatic carbocycles. The summed E-state index contributed by atoms with van der Waals surface area (Å²) in [7, 11) is 0. The molecule has 0 N–H and O–H groups in total. The van der Waals surface area contributed by atoms with Crippen LogP contribution in [0.4, 0.5) is 34.1 Å². The molecule has 0 bridgehead atoms. The van der Waals surface area contributed by atoms with Crippen LogP contribution in [0.1, 0.15) is 44.5 Å². The van der Waals surface area contributed by atoms with Crippen molar-refractivity contribution in [2.75, 3.05) is 9.80 Å². The number of anilines is 6. The van der Waals surface area contributed by atoms with Crippen LogP contribution < -0.4 is 14.5 Å². The summed E-state index contributed by atoms with van der Waals surface area (Å²) in [6.45, 7) is 0. The molecule has 26 rings (SSSR count). The van der Waals surface area contributed by atoms with E-state index in [0.717, 1.165) is 84.5 Å². The normalized spacial score (nSPS) is 15.1. The number of ether oxygens (including phenoxy) is 1. The zero-order valence-corrected chi connectivity index (χ0v) is 64.7. The molecule has 8 heterocycles. The van der Waals surface area contributed by atoms with E-state index in [0.29, 0.717) is 0 Å². The maximum absolute atomic E-state index is 7.31. The fourth-order valence-corrected chi connectivity index (χ4v) is 22.1. The summed E-state index contributed by atoms with van der Waals surface area (Å²) in [5.41, 5.74) is 29.8. The third-order valence-corrected chi connectivity index (χ3v) is 26.6. The van der Waals surface area contributed by atoms with Gasteiger partial charge in [0.15, 0.2) is 5.75 Å². The Labute approximate surface area is 685 Å². The number of rotatable bonds is 8. The molecule has 552 valence electrons. The summed E-state index contributed by atoms with van der Waals surface area (Å²) >= 11 is 1.90. The van der Waals surface area contributed by atoms with Crippen LogP contribution in [-0.4, -0.2) is 18.3 Å². The molecule has 4 aliphatic rings. The number of nitrogens with zero attached hydrogens (tertiary/aromatic N) is 6. The van der Waals surface area contributed by atoms with E-state index in [1.165, 1.54) is 125 Å². The Morgan fingerprint density at radius 2 is 0.576 bits per heavy atom. The minimum Gasteiger partial charge on any atom is -0.454 e. The van der Waals surface area contributed by atoms with Crippen LogP contribution in [0.3, 0.4) is 0 Å². The molecular formula is C110H70N6OS. The minimum absolute atomic E-state index is 0.533. The molecule has 7 nitrogen and oxygen atoms in total.